The zero-order valence-corrected chi connectivity index (χ0v) is 11.6. The van der Waals surface area contributed by atoms with E-state index in [1.54, 1.807) is 5.57 Å². The molecule has 0 amide bonds. The summed E-state index contributed by atoms with van der Waals surface area (Å²) < 4.78 is 1.49. The van der Waals surface area contributed by atoms with Crippen molar-refractivity contribution in [1.29, 1.82) is 0 Å². The van der Waals surface area contributed by atoms with E-state index < -0.39 is 0 Å². The Kier molecular flexibility index (Phi) is 3.93. The number of halogens is 1. The van der Waals surface area contributed by atoms with Crippen LogP contribution in [0.2, 0.25) is 0 Å². The van der Waals surface area contributed by atoms with Crippen molar-refractivity contribution in [2.24, 2.45) is 17.8 Å². The zero-order chi connectivity index (χ0) is 10.8. The highest BCUT2D eigenvalue weighted by molar-refractivity contribution is 9.11. The first kappa shape index (κ1) is 11.7. The summed E-state index contributed by atoms with van der Waals surface area (Å²) in [5.41, 5.74) is 1.62. The molecule has 15 heavy (non-hydrogen) atoms. The van der Waals surface area contributed by atoms with Crippen LogP contribution in [0.1, 0.15) is 58.8 Å². The summed E-state index contributed by atoms with van der Waals surface area (Å²) in [6.45, 7) is 4.72. The van der Waals surface area contributed by atoms with Gasteiger partial charge < -0.3 is 0 Å². The van der Waals surface area contributed by atoms with Crippen LogP contribution in [-0.4, -0.2) is 0 Å². The van der Waals surface area contributed by atoms with Gasteiger partial charge >= 0.3 is 0 Å². The Morgan fingerprint density at radius 3 is 2.27 bits per heavy atom. The molecule has 0 N–H and O–H groups in total. The molecule has 2 aliphatic rings. The third kappa shape index (κ3) is 2.87. The van der Waals surface area contributed by atoms with E-state index in [0.29, 0.717) is 0 Å². The van der Waals surface area contributed by atoms with Crippen LogP contribution < -0.4 is 0 Å². The normalized spacial score (nSPS) is 38.2. The fourth-order valence-corrected chi connectivity index (χ4v) is 3.68. The first-order chi connectivity index (χ1) is 7.16. The molecule has 0 bridgehead atoms. The number of allylic oxidation sites excluding steroid dienone is 2. The molecule has 1 saturated carbocycles. The van der Waals surface area contributed by atoms with Gasteiger partial charge in [-0.05, 0) is 61.3 Å². The zero-order valence-electron chi connectivity index (χ0n) is 10.1. The van der Waals surface area contributed by atoms with Gasteiger partial charge in [0, 0.05) is 0 Å². The molecule has 2 aliphatic carbocycles. The molecule has 0 spiro atoms. The van der Waals surface area contributed by atoms with Gasteiger partial charge in [0.15, 0.2) is 0 Å². The predicted octanol–water partition coefficient (Wildman–Crippen LogP) is 5.28. The van der Waals surface area contributed by atoms with Crippen molar-refractivity contribution in [3.05, 3.63) is 10.1 Å². The molecule has 1 unspecified atom stereocenters. The molecule has 0 aromatic rings. The minimum absolute atomic E-state index is 0.994. The molecule has 0 radical (unpaired) electrons. The second-order valence-corrected chi connectivity index (χ2v) is 6.67. The first-order valence-electron chi connectivity index (χ1n) is 6.51. The van der Waals surface area contributed by atoms with E-state index in [1.807, 2.05) is 0 Å². The van der Waals surface area contributed by atoms with Crippen molar-refractivity contribution in [2.75, 3.05) is 0 Å². The van der Waals surface area contributed by atoms with Gasteiger partial charge in [0.1, 0.15) is 0 Å². The summed E-state index contributed by atoms with van der Waals surface area (Å²) in [5, 5.41) is 0. The predicted molar refractivity (Wildman–Crippen MR) is 70.1 cm³/mol. The lowest BCUT2D eigenvalue weighted by molar-refractivity contribution is 0.198. The molecule has 86 valence electrons. The molecule has 0 aromatic heterocycles. The van der Waals surface area contributed by atoms with Gasteiger partial charge in [-0.15, -0.1) is 0 Å². The topological polar surface area (TPSA) is 0 Å². The van der Waals surface area contributed by atoms with Crippen LogP contribution in [0, 0.1) is 17.8 Å². The Labute approximate surface area is 103 Å². The Balaban J connectivity index is 1.90. The second-order valence-electron chi connectivity index (χ2n) is 5.71. The molecule has 0 nitrogen and oxygen atoms in total. The van der Waals surface area contributed by atoms with Crippen LogP contribution in [-0.2, 0) is 0 Å². The van der Waals surface area contributed by atoms with Crippen molar-refractivity contribution in [1.82, 2.24) is 0 Å². The maximum atomic E-state index is 3.69. The molecule has 0 aromatic carbocycles. The fourth-order valence-electron chi connectivity index (χ4n) is 3.29. The summed E-state index contributed by atoms with van der Waals surface area (Å²) >= 11 is 3.69. The highest BCUT2D eigenvalue weighted by Gasteiger charge is 2.28. The molecule has 1 atom stereocenters. The average Bonchev–Trinajstić information content (AvgIpc) is 2.23. The van der Waals surface area contributed by atoms with Gasteiger partial charge in [-0.3, -0.25) is 0 Å². The molecular formula is C14H23Br. The van der Waals surface area contributed by atoms with E-state index in [9.17, 15) is 0 Å². The molecule has 0 heterocycles. The minimum atomic E-state index is 0.994. The van der Waals surface area contributed by atoms with Gasteiger partial charge in [0.2, 0.25) is 0 Å². The number of hydrogen-bond donors (Lipinski definition) is 0. The summed E-state index contributed by atoms with van der Waals surface area (Å²) in [6.07, 6.45) is 10.0. The van der Waals surface area contributed by atoms with E-state index >= 15 is 0 Å². The van der Waals surface area contributed by atoms with Crippen molar-refractivity contribution < 1.29 is 0 Å². The molecule has 1 fully saturated rings. The highest BCUT2D eigenvalue weighted by atomic mass is 79.9. The van der Waals surface area contributed by atoms with Gasteiger partial charge in [-0.2, -0.15) is 0 Å². The van der Waals surface area contributed by atoms with E-state index in [-0.39, 0.29) is 0 Å². The maximum Gasteiger partial charge on any atom is -0.00599 e. The third-order valence-corrected chi connectivity index (χ3v) is 5.57. The maximum absolute atomic E-state index is 3.69. The van der Waals surface area contributed by atoms with Crippen LogP contribution in [0.4, 0.5) is 0 Å². The SMILES string of the molecule is CC1=C(Br)CCC(C2CCC(C)CC2)C1. The molecule has 2 rings (SSSR count). The van der Waals surface area contributed by atoms with Crippen LogP contribution in [0.25, 0.3) is 0 Å². The van der Waals surface area contributed by atoms with Crippen molar-refractivity contribution in [3.63, 3.8) is 0 Å². The van der Waals surface area contributed by atoms with Crippen LogP contribution in [0.3, 0.4) is 0 Å². The summed E-state index contributed by atoms with van der Waals surface area (Å²) in [4.78, 5) is 0. The summed E-state index contributed by atoms with van der Waals surface area (Å²) in [5.74, 6) is 3.03. The quantitative estimate of drug-likeness (QED) is 0.608. The summed E-state index contributed by atoms with van der Waals surface area (Å²) in [7, 11) is 0. The minimum Gasteiger partial charge on any atom is -0.0629 e. The lowest BCUT2D eigenvalue weighted by Gasteiger charge is -2.35. The Morgan fingerprint density at radius 2 is 1.67 bits per heavy atom. The van der Waals surface area contributed by atoms with E-state index in [0.717, 1.165) is 17.8 Å². The summed E-state index contributed by atoms with van der Waals surface area (Å²) in [6, 6.07) is 0. The first-order valence-corrected chi connectivity index (χ1v) is 7.30. The Hall–Kier alpha value is 0.220. The lowest BCUT2D eigenvalue weighted by Crippen LogP contribution is -2.23. The van der Waals surface area contributed by atoms with Crippen LogP contribution in [0.15, 0.2) is 10.1 Å². The van der Waals surface area contributed by atoms with E-state index in [1.165, 1.54) is 49.4 Å². The van der Waals surface area contributed by atoms with Crippen molar-refractivity contribution >= 4 is 15.9 Å². The molecule has 1 heteroatoms. The van der Waals surface area contributed by atoms with Gasteiger partial charge in [-0.1, -0.05) is 41.3 Å². The van der Waals surface area contributed by atoms with Crippen molar-refractivity contribution in [2.45, 2.75) is 58.8 Å². The van der Waals surface area contributed by atoms with Crippen LogP contribution in [0.5, 0.6) is 0 Å². The fraction of sp³-hybridized carbons (Fsp3) is 0.857. The second kappa shape index (κ2) is 5.03. The third-order valence-electron chi connectivity index (χ3n) is 4.49. The lowest BCUT2D eigenvalue weighted by atomic mass is 9.71. The van der Waals surface area contributed by atoms with Gasteiger partial charge in [0.05, 0.1) is 0 Å². The van der Waals surface area contributed by atoms with Crippen LogP contribution >= 0.6 is 15.9 Å². The smallest absolute Gasteiger partial charge is 0.00599 e. The van der Waals surface area contributed by atoms with E-state index in [2.05, 4.69) is 29.8 Å². The molecule has 0 saturated heterocycles. The van der Waals surface area contributed by atoms with Gasteiger partial charge in [-0.25, -0.2) is 0 Å². The Bertz CT molecular complexity index is 246. The average molecular weight is 271 g/mol. The monoisotopic (exact) mass is 270 g/mol. The van der Waals surface area contributed by atoms with Crippen molar-refractivity contribution in [3.8, 4) is 0 Å². The largest absolute Gasteiger partial charge is 0.0629 e. The molecule has 0 aliphatic heterocycles. The number of hydrogen-bond acceptors (Lipinski definition) is 0. The van der Waals surface area contributed by atoms with Gasteiger partial charge in [0.25, 0.3) is 0 Å². The standard InChI is InChI=1S/C14H23Br/c1-10-3-5-12(6-4-10)13-7-8-14(15)11(2)9-13/h10,12-13H,3-9H2,1-2H3. The van der Waals surface area contributed by atoms with E-state index in [4.69, 9.17) is 0 Å². The number of rotatable bonds is 1. The highest BCUT2D eigenvalue weighted by Crippen LogP contribution is 2.42. The molecular weight excluding hydrogens is 248 g/mol. The Morgan fingerprint density at radius 1 is 1.00 bits per heavy atom.